The minimum atomic E-state index is -0.519. The van der Waals surface area contributed by atoms with Gasteiger partial charge >= 0.3 is 0 Å². The number of nitrogens with zero attached hydrogens (tertiary/aromatic N) is 1. The molecule has 0 saturated carbocycles. The summed E-state index contributed by atoms with van der Waals surface area (Å²) in [6, 6.07) is 64.7. The topological polar surface area (TPSA) is 3.24 Å². The fourth-order valence-electron chi connectivity index (χ4n) is 9.29. The van der Waals surface area contributed by atoms with Crippen molar-refractivity contribution in [1.29, 1.82) is 0 Å². The highest BCUT2D eigenvalue weighted by Gasteiger charge is 2.47. The van der Waals surface area contributed by atoms with Gasteiger partial charge < -0.3 is 4.90 Å². The standard InChI is InChI=1S/C58H45N/c1-42-26-32-50(33-27-42)58(49-23-12-5-13-24-49)56-40-48(45-20-10-4-11-21-45)31-38-54(56)55-39-37-53(41-57(55)58)59(52-35-29-47(30-36-52)44-18-8-3-9-19-44)51-25-15-14-22-46(28-34-51)43-16-6-2-7-17-43/h2-4,6-12,16-21,23-24,26-41H,5,13,22,25H2,1H3/b46-28+,51-34+. The summed E-state index contributed by atoms with van der Waals surface area (Å²) in [6.45, 7) is 2.18. The van der Waals surface area contributed by atoms with Crippen LogP contribution in [0.3, 0.4) is 0 Å². The van der Waals surface area contributed by atoms with Gasteiger partial charge in [-0.25, -0.2) is 0 Å². The zero-order chi connectivity index (χ0) is 39.6. The van der Waals surface area contributed by atoms with Crippen LogP contribution in [0.2, 0.25) is 0 Å². The van der Waals surface area contributed by atoms with Crippen LogP contribution in [0.1, 0.15) is 53.5 Å². The summed E-state index contributed by atoms with van der Waals surface area (Å²) in [5.41, 5.74) is 19.2. The fraction of sp³-hybridized carbons (Fsp3) is 0.103. The second kappa shape index (κ2) is 15.7. The fourth-order valence-corrected chi connectivity index (χ4v) is 9.29. The molecular weight excluding hydrogens is 711 g/mol. The molecule has 0 amide bonds. The molecule has 1 unspecified atom stereocenters. The first-order valence-electron chi connectivity index (χ1n) is 20.8. The predicted molar refractivity (Wildman–Crippen MR) is 248 cm³/mol. The Bertz CT molecular complexity index is 2840. The molecule has 282 valence electrons. The summed E-state index contributed by atoms with van der Waals surface area (Å²) in [5, 5.41) is 0. The summed E-state index contributed by atoms with van der Waals surface area (Å²) in [6.07, 6.45) is 15.3. The van der Waals surface area contributed by atoms with Gasteiger partial charge in [-0.05, 0) is 123 Å². The zero-order valence-electron chi connectivity index (χ0n) is 33.4. The maximum Gasteiger partial charge on any atom is 0.0711 e. The Labute approximate surface area is 349 Å². The van der Waals surface area contributed by atoms with Crippen molar-refractivity contribution in [2.75, 3.05) is 4.90 Å². The smallest absolute Gasteiger partial charge is 0.0711 e. The molecule has 59 heavy (non-hydrogen) atoms. The summed E-state index contributed by atoms with van der Waals surface area (Å²) >= 11 is 0. The largest absolute Gasteiger partial charge is 0.313 e. The molecule has 7 aromatic carbocycles. The predicted octanol–water partition coefficient (Wildman–Crippen LogP) is 14.8. The lowest BCUT2D eigenvalue weighted by Gasteiger charge is -2.37. The highest BCUT2D eigenvalue weighted by Crippen LogP contribution is 2.59. The summed E-state index contributed by atoms with van der Waals surface area (Å²) in [7, 11) is 0. The molecule has 0 radical (unpaired) electrons. The van der Waals surface area contributed by atoms with E-state index in [0.29, 0.717) is 6.42 Å². The van der Waals surface area contributed by atoms with Gasteiger partial charge in [0.1, 0.15) is 0 Å². The number of allylic oxidation sites excluding steroid dienone is 8. The Morgan fingerprint density at radius 1 is 0.492 bits per heavy atom. The molecule has 1 atom stereocenters. The molecule has 0 heterocycles. The molecule has 0 aliphatic heterocycles. The molecule has 3 aliphatic rings. The Kier molecular flexibility index (Phi) is 9.61. The maximum atomic E-state index is 3.56. The number of rotatable bonds is 8. The van der Waals surface area contributed by atoms with Crippen molar-refractivity contribution >= 4 is 16.9 Å². The second-order valence-electron chi connectivity index (χ2n) is 15.8. The van der Waals surface area contributed by atoms with Crippen molar-refractivity contribution in [3.8, 4) is 45.2 Å². The van der Waals surface area contributed by atoms with Gasteiger partial charge in [0.15, 0.2) is 0 Å². The Morgan fingerprint density at radius 3 is 1.75 bits per heavy atom. The van der Waals surface area contributed by atoms with E-state index in [9.17, 15) is 0 Å². The van der Waals surface area contributed by atoms with Crippen LogP contribution in [0.25, 0.3) is 39.0 Å². The van der Waals surface area contributed by atoms with Crippen LogP contribution in [0.4, 0.5) is 11.4 Å². The van der Waals surface area contributed by atoms with E-state index >= 15 is 0 Å². The van der Waals surface area contributed by atoms with Crippen molar-refractivity contribution in [3.63, 3.8) is 0 Å². The molecule has 1 nitrogen and oxygen atoms in total. The second-order valence-corrected chi connectivity index (χ2v) is 15.8. The average Bonchev–Trinajstić information content (AvgIpc) is 3.58. The van der Waals surface area contributed by atoms with Crippen LogP contribution < -0.4 is 4.90 Å². The van der Waals surface area contributed by atoms with Gasteiger partial charge in [-0.1, -0.05) is 187 Å². The normalized spacial score (nSPS) is 18.4. The number of benzene rings is 7. The molecule has 7 aromatic rings. The molecule has 0 N–H and O–H groups in total. The van der Waals surface area contributed by atoms with Crippen LogP contribution in [0, 0.1) is 18.8 Å². The van der Waals surface area contributed by atoms with Crippen LogP contribution in [0.5, 0.6) is 0 Å². The molecule has 0 bridgehead atoms. The van der Waals surface area contributed by atoms with Crippen molar-refractivity contribution in [2.45, 2.75) is 38.0 Å². The number of aryl methyl sites for hydroxylation is 1. The molecule has 0 spiro atoms. The first kappa shape index (κ1) is 36.2. The van der Waals surface area contributed by atoms with E-state index in [0.717, 1.165) is 36.3 Å². The van der Waals surface area contributed by atoms with Crippen LogP contribution in [0.15, 0.2) is 218 Å². The van der Waals surface area contributed by atoms with E-state index in [1.807, 2.05) is 0 Å². The monoisotopic (exact) mass is 755 g/mol. The first-order chi connectivity index (χ1) is 29.2. The first-order valence-corrected chi connectivity index (χ1v) is 20.8. The third kappa shape index (κ3) is 6.68. The van der Waals surface area contributed by atoms with Crippen molar-refractivity contribution in [3.05, 3.63) is 245 Å². The van der Waals surface area contributed by atoms with E-state index in [2.05, 4.69) is 230 Å². The minimum Gasteiger partial charge on any atom is -0.313 e. The molecule has 3 aliphatic carbocycles. The van der Waals surface area contributed by atoms with Gasteiger partial charge in [0.2, 0.25) is 0 Å². The highest BCUT2D eigenvalue weighted by molar-refractivity contribution is 5.91. The van der Waals surface area contributed by atoms with E-state index in [4.69, 9.17) is 0 Å². The molecular formula is C58H45N. The van der Waals surface area contributed by atoms with Crippen molar-refractivity contribution in [1.82, 2.24) is 0 Å². The quantitative estimate of drug-likeness (QED) is 0.140. The maximum absolute atomic E-state index is 3.56. The Morgan fingerprint density at radius 2 is 1.07 bits per heavy atom. The lowest BCUT2D eigenvalue weighted by molar-refractivity contribution is 0.751. The summed E-state index contributed by atoms with van der Waals surface area (Å²) < 4.78 is 0. The van der Waals surface area contributed by atoms with Gasteiger partial charge in [0.05, 0.1) is 5.41 Å². The van der Waals surface area contributed by atoms with Crippen LogP contribution in [-0.4, -0.2) is 0 Å². The van der Waals surface area contributed by atoms with E-state index < -0.39 is 5.41 Å². The zero-order valence-corrected chi connectivity index (χ0v) is 33.4. The van der Waals surface area contributed by atoms with E-state index in [1.54, 1.807) is 0 Å². The van der Waals surface area contributed by atoms with Gasteiger partial charge in [-0.2, -0.15) is 0 Å². The lowest BCUT2D eigenvalue weighted by atomic mass is 9.65. The summed E-state index contributed by atoms with van der Waals surface area (Å²) in [4.78, 5) is 2.44. The third-order valence-electron chi connectivity index (χ3n) is 12.2. The summed E-state index contributed by atoms with van der Waals surface area (Å²) in [5.74, 6) is 7.07. The van der Waals surface area contributed by atoms with Crippen LogP contribution >= 0.6 is 0 Å². The lowest BCUT2D eigenvalue weighted by Crippen LogP contribution is -2.30. The average molecular weight is 756 g/mol. The molecule has 0 aromatic heterocycles. The molecule has 1 heteroatoms. The van der Waals surface area contributed by atoms with Crippen LogP contribution in [-0.2, 0) is 5.41 Å². The molecule has 10 rings (SSSR count). The SMILES string of the molecule is Cc1ccc(C2(C3=CCCC=C3)c3cc(-c4ccccc4)ccc3-c3ccc(N(/C4=C/C=C(/c5ccccc5)CC#CC4)c4ccc(-c5ccccc5)cc4)cc32)cc1. The van der Waals surface area contributed by atoms with Gasteiger partial charge in [0.25, 0.3) is 0 Å². The Balaban J connectivity index is 1.21. The number of fused-ring (bicyclic) bond motifs is 3. The molecule has 0 fully saturated rings. The molecule has 0 saturated heterocycles. The number of hydrogen-bond donors (Lipinski definition) is 0. The Hall–Kier alpha value is -7.14. The van der Waals surface area contributed by atoms with Gasteiger partial charge in [0, 0.05) is 29.9 Å². The third-order valence-corrected chi connectivity index (χ3v) is 12.2. The van der Waals surface area contributed by atoms with Crippen molar-refractivity contribution in [2.24, 2.45) is 0 Å². The minimum absolute atomic E-state index is 0.519. The van der Waals surface area contributed by atoms with E-state index in [1.165, 1.54) is 72.3 Å². The van der Waals surface area contributed by atoms with Gasteiger partial charge in [-0.15, -0.1) is 0 Å². The van der Waals surface area contributed by atoms with E-state index in [-0.39, 0.29) is 0 Å². The van der Waals surface area contributed by atoms with Crippen molar-refractivity contribution < 1.29 is 0 Å². The highest BCUT2D eigenvalue weighted by atomic mass is 15.1. The number of hydrogen-bond acceptors (Lipinski definition) is 1. The number of anilines is 2. The van der Waals surface area contributed by atoms with Gasteiger partial charge in [-0.3, -0.25) is 0 Å².